The van der Waals surface area contributed by atoms with E-state index >= 15 is 0 Å². The van der Waals surface area contributed by atoms with Crippen molar-refractivity contribution in [2.45, 2.75) is 13.8 Å². The first-order valence-electron chi connectivity index (χ1n) is 13.1. The first kappa shape index (κ1) is 32.6. The number of aromatic carboxylic acids is 1. The number of ketones is 2. The Labute approximate surface area is 269 Å². The quantitative estimate of drug-likeness (QED) is 0.147. The Hall–Kier alpha value is -4.36. The topological polar surface area (TPSA) is 151 Å². The molecule has 0 fully saturated rings. The number of halogens is 2. The smallest absolute Gasteiger partial charge is 0.477 e. The van der Waals surface area contributed by atoms with Crippen molar-refractivity contribution >= 4 is 94.7 Å². The number of carbonyl (C=O) groups is 3. The van der Waals surface area contributed by atoms with Gasteiger partial charge in [-0.05, 0) is 67.6 Å². The van der Waals surface area contributed by atoms with Crippen LogP contribution in [0.15, 0.2) is 99.9 Å². The highest BCUT2D eigenvalue weighted by molar-refractivity contribution is 9.11. The molecule has 3 aromatic heterocycles. The number of Topliss-reactive ketones (excluding diaryl/α,β-unsaturated/α-hetero) is 2. The lowest BCUT2D eigenvalue weighted by atomic mass is 9.79. The molecule has 0 unspecified atom stereocenters. The van der Waals surface area contributed by atoms with Gasteiger partial charge in [0.25, 0.3) is 0 Å². The molecule has 6 rings (SSSR count). The third kappa shape index (κ3) is 7.77. The SMILES string of the molecule is CC(=O)c1ccc2cccc(B(O)O)c2n1.CC(=O)c1ccc2cccc(Br)c2n1.O=C(O)c1ccc2cccc(Br)c2n1. The monoisotopic (exact) mass is 715 g/mol. The van der Waals surface area contributed by atoms with Crippen molar-refractivity contribution in [3.05, 3.63) is 117 Å². The third-order valence-electron chi connectivity index (χ3n) is 6.31. The summed E-state index contributed by atoms with van der Waals surface area (Å²) in [6, 6.07) is 26.8. The van der Waals surface area contributed by atoms with Gasteiger partial charge in [0.2, 0.25) is 0 Å². The molecule has 0 atom stereocenters. The second-order valence-electron chi connectivity index (χ2n) is 9.42. The number of para-hydroxylation sites is 3. The van der Waals surface area contributed by atoms with E-state index in [4.69, 9.17) is 5.11 Å². The third-order valence-corrected chi connectivity index (χ3v) is 7.59. The van der Waals surface area contributed by atoms with E-state index in [1.807, 2.05) is 42.5 Å². The second kappa shape index (κ2) is 14.4. The Kier molecular flexibility index (Phi) is 10.7. The molecular formula is C32H24BBr2N3O6. The van der Waals surface area contributed by atoms with Gasteiger partial charge in [-0.2, -0.15) is 0 Å². The number of carboxylic acid groups (broad SMARTS) is 1. The van der Waals surface area contributed by atoms with Gasteiger partial charge < -0.3 is 15.2 Å². The van der Waals surface area contributed by atoms with Crippen LogP contribution in [0.25, 0.3) is 32.7 Å². The van der Waals surface area contributed by atoms with Crippen LogP contribution in [-0.2, 0) is 0 Å². The van der Waals surface area contributed by atoms with E-state index in [-0.39, 0.29) is 17.3 Å². The van der Waals surface area contributed by atoms with Crippen LogP contribution in [0.5, 0.6) is 0 Å². The maximum absolute atomic E-state index is 11.2. The van der Waals surface area contributed by atoms with Gasteiger partial charge in [0.05, 0.1) is 16.6 Å². The van der Waals surface area contributed by atoms with E-state index in [2.05, 4.69) is 46.8 Å². The number of pyridine rings is 3. The fraction of sp³-hybridized carbons (Fsp3) is 0.0625. The largest absolute Gasteiger partial charge is 0.490 e. The summed E-state index contributed by atoms with van der Waals surface area (Å²) in [5.74, 6) is -1.17. The fourth-order valence-electron chi connectivity index (χ4n) is 4.11. The molecule has 0 saturated heterocycles. The number of hydrogen-bond acceptors (Lipinski definition) is 8. The van der Waals surface area contributed by atoms with Crippen molar-refractivity contribution in [2.24, 2.45) is 0 Å². The summed E-state index contributed by atoms with van der Waals surface area (Å²) in [4.78, 5) is 45.4. The number of carboxylic acids is 1. The van der Waals surface area contributed by atoms with Crippen molar-refractivity contribution in [1.82, 2.24) is 15.0 Å². The van der Waals surface area contributed by atoms with Crippen LogP contribution < -0.4 is 5.46 Å². The first-order valence-corrected chi connectivity index (χ1v) is 14.7. The number of nitrogens with zero attached hydrogens (tertiary/aromatic N) is 3. The number of rotatable bonds is 4. The van der Waals surface area contributed by atoms with Crippen LogP contribution in [0.4, 0.5) is 0 Å². The predicted molar refractivity (Wildman–Crippen MR) is 177 cm³/mol. The van der Waals surface area contributed by atoms with Gasteiger partial charge in [0, 0.05) is 39.0 Å². The molecule has 6 aromatic rings. The Bertz CT molecular complexity index is 1940. The number of benzene rings is 3. The molecule has 3 N–H and O–H groups in total. The summed E-state index contributed by atoms with van der Waals surface area (Å²) >= 11 is 6.73. The maximum atomic E-state index is 11.2. The molecule has 0 bridgehead atoms. The summed E-state index contributed by atoms with van der Waals surface area (Å²) < 4.78 is 1.72. The molecule has 0 spiro atoms. The highest BCUT2D eigenvalue weighted by Crippen LogP contribution is 2.23. The molecule has 44 heavy (non-hydrogen) atoms. The molecule has 220 valence electrons. The van der Waals surface area contributed by atoms with E-state index in [1.165, 1.54) is 19.9 Å². The number of hydrogen-bond donors (Lipinski definition) is 3. The summed E-state index contributed by atoms with van der Waals surface area (Å²) in [6.45, 7) is 2.94. The molecule has 3 aromatic carbocycles. The van der Waals surface area contributed by atoms with Gasteiger partial charge >= 0.3 is 13.1 Å². The highest BCUT2D eigenvalue weighted by atomic mass is 79.9. The van der Waals surface area contributed by atoms with Gasteiger partial charge in [0.1, 0.15) is 17.1 Å². The van der Waals surface area contributed by atoms with Crippen molar-refractivity contribution in [1.29, 1.82) is 0 Å². The molecule has 0 aliphatic heterocycles. The van der Waals surface area contributed by atoms with Crippen molar-refractivity contribution in [3.8, 4) is 0 Å². The lowest BCUT2D eigenvalue weighted by molar-refractivity contribution is 0.0690. The van der Waals surface area contributed by atoms with E-state index in [0.717, 1.165) is 30.6 Å². The Balaban J connectivity index is 0.000000151. The highest BCUT2D eigenvalue weighted by Gasteiger charge is 2.16. The van der Waals surface area contributed by atoms with Crippen molar-refractivity contribution in [3.63, 3.8) is 0 Å². The second-order valence-corrected chi connectivity index (χ2v) is 11.1. The van der Waals surface area contributed by atoms with Gasteiger partial charge in [-0.1, -0.05) is 60.7 Å². The van der Waals surface area contributed by atoms with Gasteiger partial charge in [0.15, 0.2) is 11.6 Å². The Morgan fingerprint density at radius 1 is 0.568 bits per heavy atom. The molecule has 12 heteroatoms. The van der Waals surface area contributed by atoms with Crippen LogP contribution >= 0.6 is 31.9 Å². The zero-order valence-corrected chi connectivity index (χ0v) is 26.6. The number of aromatic nitrogens is 3. The summed E-state index contributed by atoms with van der Waals surface area (Å²) in [5, 5.41) is 29.8. The standard InChI is InChI=1S/C11H10BNO3.C11H8BrNO.C10H6BrNO2/c1-7(14)10-6-5-8-3-2-4-9(12(15)16)11(8)13-10;1-7(14)10-6-5-8-3-2-4-9(12)11(8)13-10;11-7-3-1-2-6-4-5-8(10(13)14)12-9(6)7/h2-6,15-16H,1H3;2-6H,1H3;1-5H,(H,13,14). The average molecular weight is 717 g/mol. The molecule has 0 aliphatic carbocycles. The minimum atomic E-state index is -1.58. The normalized spacial score (nSPS) is 10.4. The summed E-state index contributed by atoms with van der Waals surface area (Å²) in [6.07, 6.45) is 0. The average Bonchev–Trinajstić information content (AvgIpc) is 3.01. The van der Waals surface area contributed by atoms with E-state index in [9.17, 15) is 24.4 Å². The zero-order chi connectivity index (χ0) is 32.0. The molecule has 0 aliphatic rings. The zero-order valence-electron chi connectivity index (χ0n) is 23.4. The van der Waals surface area contributed by atoms with Crippen LogP contribution in [0.1, 0.15) is 45.3 Å². The lowest BCUT2D eigenvalue weighted by Gasteiger charge is -2.05. The maximum Gasteiger partial charge on any atom is 0.490 e. The van der Waals surface area contributed by atoms with E-state index in [1.54, 1.807) is 42.5 Å². The Morgan fingerprint density at radius 2 is 0.955 bits per heavy atom. The lowest BCUT2D eigenvalue weighted by Crippen LogP contribution is -2.31. The van der Waals surface area contributed by atoms with Crippen LogP contribution in [0.3, 0.4) is 0 Å². The molecule has 0 amide bonds. The van der Waals surface area contributed by atoms with Gasteiger partial charge in [-0.15, -0.1) is 0 Å². The first-order chi connectivity index (χ1) is 21.0. The summed E-state index contributed by atoms with van der Waals surface area (Å²) in [7, 11) is -1.58. The van der Waals surface area contributed by atoms with Gasteiger partial charge in [-0.25, -0.2) is 19.7 Å². The van der Waals surface area contributed by atoms with Crippen molar-refractivity contribution < 1.29 is 29.5 Å². The van der Waals surface area contributed by atoms with Crippen molar-refractivity contribution in [2.75, 3.05) is 0 Å². The number of carbonyl (C=O) groups excluding carboxylic acids is 2. The molecule has 0 radical (unpaired) electrons. The van der Waals surface area contributed by atoms with E-state index < -0.39 is 13.1 Å². The van der Waals surface area contributed by atoms with Gasteiger partial charge in [-0.3, -0.25) is 9.59 Å². The Morgan fingerprint density at radius 3 is 1.39 bits per heavy atom. The molecule has 0 saturated carbocycles. The van der Waals surface area contributed by atoms with Crippen LogP contribution in [-0.4, -0.2) is 54.8 Å². The molecule has 9 nitrogen and oxygen atoms in total. The molecular weight excluding hydrogens is 693 g/mol. The number of fused-ring (bicyclic) bond motifs is 3. The fourth-order valence-corrected chi connectivity index (χ4v) is 5.05. The van der Waals surface area contributed by atoms with Crippen LogP contribution in [0.2, 0.25) is 0 Å². The summed E-state index contributed by atoms with van der Waals surface area (Å²) in [5.41, 5.74) is 3.15. The van der Waals surface area contributed by atoms with Crippen LogP contribution in [0, 0.1) is 0 Å². The van der Waals surface area contributed by atoms with E-state index in [0.29, 0.717) is 27.9 Å². The minimum Gasteiger partial charge on any atom is -0.477 e. The minimum absolute atomic E-state index is 0.0114. The molecule has 3 heterocycles. The predicted octanol–water partition coefficient (Wildman–Crippen LogP) is 6.01.